The molecule has 2 rings (SSSR count). The topological polar surface area (TPSA) is 52.5 Å². The molecule has 0 atom stereocenters. The lowest BCUT2D eigenvalue weighted by Crippen LogP contribution is -2.42. The van der Waals surface area contributed by atoms with Gasteiger partial charge in [-0.2, -0.15) is 0 Å². The molecular formula is C22H36N2O3Si. The lowest BCUT2D eigenvalue weighted by Gasteiger charge is -2.36. The van der Waals surface area contributed by atoms with Crippen LogP contribution in [0.2, 0.25) is 18.1 Å². The Balaban J connectivity index is 1.91. The molecular weight excluding hydrogens is 368 g/mol. The minimum atomic E-state index is -1.68. The fourth-order valence-electron chi connectivity index (χ4n) is 2.60. The lowest BCUT2D eigenvalue weighted by atomic mass is 10.1. The van der Waals surface area contributed by atoms with Crippen molar-refractivity contribution in [1.82, 2.24) is 9.88 Å². The molecule has 156 valence electrons. The van der Waals surface area contributed by atoms with Crippen molar-refractivity contribution >= 4 is 25.3 Å². The largest absolute Gasteiger partial charge is 0.443 e. The predicted octanol–water partition coefficient (Wildman–Crippen LogP) is 5.54. The molecule has 0 unspecified atom stereocenters. The van der Waals surface area contributed by atoms with Crippen LogP contribution >= 0.6 is 0 Å². The number of nitrogens with one attached hydrogen (secondary N) is 1. The van der Waals surface area contributed by atoms with E-state index < -0.39 is 13.9 Å². The number of benzene rings is 1. The van der Waals surface area contributed by atoms with Gasteiger partial charge in [0.25, 0.3) is 0 Å². The molecule has 28 heavy (non-hydrogen) atoms. The summed E-state index contributed by atoms with van der Waals surface area (Å²) in [6.45, 7) is 19.2. The van der Waals surface area contributed by atoms with Crippen LogP contribution in [-0.2, 0) is 15.7 Å². The van der Waals surface area contributed by atoms with E-state index in [1.54, 1.807) is 10.8 Å². The number of rotatable bonds is 6. The third-order valence-electron chi connectivity index (χ3n) is 5.22. The van der Waals surface area contributed by atoms with Crippen LogP contribution in [-0.4, -0.2) is 37.7 Å². The minimum Gasteiger partial charge on any atom is -0.443 e. The van der Waals surface area contributed by atoms with Crippen molar-refractivity contribution in [2.24, 2.45) is 0 Å². The van der Waals surface area contributed by atoms with Crippen molar-refractivity contribution in [1.29, 1.82) is 0 Å². The normalized spacial score (nSPS) is 13.1. The summed E-state index contributed by atoms with van der Waals surface area (Å²) in [5.74, 6) is 0. The smallest absolute Gasteiger partial charge is 0.418 e. The van der Waals surface area contributed by atoms with E-state index in [2.05, 4.69) is 45.2 Å². The van der Waals surface area contributed by atoms with Gasteiger partial charge in [0, 0.05) is 31.3 Å². The van der Waals surface area contributed by atoms with Crippen LogP contribution in [0.5, 0.6) is 0 Å². The Morgan fingerprint density at radius 3 is 2.39 bits per heavy atom. The van der Waals surface area contributed by atoms with Crippen molar-refractivity contribution in [3.05, 3.63) is 36.0 Å². The van der Waals surface area contributed by atoms with Crippen LogP contribution in [0.3, 0.4) is 0 Å². The van der Waals surface area contributed by atoms with Gasteiger partial charge in [-0.15, -0.1) is 0 Å². The van der Waals surface area contributed by atoms with Gasteiger partial charge >= 0.3 is 6.09 Å². The molecule has 0 radical (unpaired) electrons. The summed E-state index contributed by atoms with van der Waals surface area (Å²) in [5, 5.41) is 4.72. The van der Waals surface area contributed by atoms with Crippen LogP contribution < -0.4 is 5.32 Å². The zero-order valence-electron chi connectivity index (χ0n) is 18.7. The molecule has 6 heteroatoms. The van der Waals surface area contributed by atoms with Gasteiger partial charge in [-0.1, -0.05) is 26.8 Å². The molecule has 5 nitrogen and oxygen atoms in total. The van der Waals surface area contributed by atoms with Crippen LogP contribution in [0.15, 0.2) is 30.5 Å². The predicted molar refractivity (Wildman–Crippen MR) is 118 cm³/mol. The fraction of sp³-hybridized carbons (Fsp3) is 0.591. The van der Waals surface area contributed by atoms with Crippen LogP contribution in [0, 0.1) is 0 Å². The summed E-state index contributed by atoms with van der Waals surface area (Å²) in [7, 11) is -1.68. The lowest BCUT2D eigenvalue weighted by molar-refractivity contribution is 0.0544. The summed E-state index contributed by atoms with van der Waals surface area (Å²) in [5.41, 5.74) is 1.53. The molecule has 0 aliphatic carbocycles. The van der Waals surface area contributed by atoms with Gasteiger partial charge in [-0.3, -0.25) is 4.57 Å². The highest BCUT2D eigenvalue weighted by Gasteiger charge is 2.36. The maximum Gasteiger partial charge on any atom is 0.418 e. The number of ether oxygens (including phenoxy) is 1. The maximum absolute atomic E-state index is 12.3. The molecule has 0 saturated carbocycles. The summed E-state index contributed by atoms with van der Waals surface area (Å²) < 4.78 is 13.2. The van der Waals surface area contributed by atoms with E-state index in [-0.39, 0.29) is 11.1 Å². The van der Waals surface area contributed by atoms with E-state index in [1.165, 1.54) is 5.56 Å². The first-order valence-electron chi connectivity index (χ1n) is 9.98. The second-order valence-corrected chi connectivity index (χ2v) is 14.7. The Bertz CT molecular complexity index is 813. The molecule has 1 aromatic carbocycles. The van der Waals surface area contributed by atoms with E-state index in [9.17, 15) is 4.79 Å². The van der Waals surface area contributed by atoms with Gasteiger partial charge < -0.3 is 14.5 Å². The highest BCUT2D eigenvalue weighted by molar-refractivity contribution is 6.74. The molecule has 1 heterocycles. The Kier molecular flexibility index (Phi) is 6.79. The van der Waals surface area contributed by atoms with Crippen LogP contribution in [0.25, 0.3) is 10.9 Å². The number of hydrogen-bond donors (Lipinski definition) is 1. The average Bonchev–Trinajstić information content (AvgIpc) is 2.95. The number of aromatic nitrogens is 1. The van der Waals surface area contributed by atoms with Gasteiger partial charge in [0.2, 0.25) is 0 Å². The van der Waals surface area contributed by atoms with Crippen molar-refractivity contribution in [2.45, 2.75) is 71.8 Å². The van der Waals surface area contributed by atoms with E-state index >= 15 is 0 Å². The Morgan fingerprint density at radius 1 is 1.11 bits per heavy atom. The van der Waals surface area contributed by atoms with Crippen molar-refractivity contribution in [3.63, 3.8) is 0 Å². The van der Waals surface area contributed by atoms with Crippen molar-refractivity contribution < 1.29 is 14.0 Å². The number of carbonyl (C=O) groups is 1. The Hall–Kier alpha value is -1.63. The number of hydrogen-bond acceptors (Lipinski definition) is 4. The summed E-state index contributed by atoms with van der Waals surface area (Å²) >= 11 is 0. The van der Waals surface area contributed by atoms with Gasteiger partial charge in [0.1, 0.15) is 5.60 Å². The van der Waals surface area contributed by atoms with Crippen LogP contribution in [0.1, 0.15) is 47.1 Å². The molecule has 0 aliphatic heterocycles. The highest BCUT2D eigenvalue weighted by Crippen LogP contribution is 2.36. The molecule has 2 aromatic rings. The van der Waals surface area contributed by atoms with E-state index in [0.717, 1.165) is 30.6 Å². The molecule has 0 bridgehead atoms. The number of fused-ring (bicyclic) bond motifs is 1. The third-order valence-corrected chi connectivity index (χ3v) is 9.76. The number of nitrogens with zero attached hydrogens (tertiary/aromatic N) is 1. The quantitative estimate of drug-likeness (QED) is 0.507. The van der Waals surface area contributed by atoms with Gasteiger partial charge in [-0.25, -0.2) is 4.79 Å². The summed E-state index contributed by atoms with van der Waals surface area (Å²) in [6, 6.07) is 8.08. The highest BCUT2D eigenvalue weighted by atomic mass is 28.4. The average molecular weight is 405 g/mol. The number of carbonyl (C=O) groups excluding carboxylic acids is 1. The minimum absolute atomic E-state index is 0.235. The first-order chi connectivity index (χ1) is 12.8. The zero-order chi connectivity index (χ0) is 21.2. The third kappa shape index (κ3) is 5.93. The molecule has 1 aromatic heterocycles. The molecule has 0 spiro atoms. The summed E-state index contributed by atoms with van der Waals surface area (Å²) in [4.78, 5) is 12.3. The van der Waals surface area contributed by atoms with Gasteiger partial charge in [0.05, 0.1) is 5.52 Å². The van der Waals surface area contributed by atoms with Crippen molar-refractivity contribution in [3.8, 4) is 0 Å². The molecule has 0 aliphatic rings. The van der Waals surface area contributed by atoms with Gasteiger partial charge in [0.15, 0.2) is 8.32 Å². The first-order valence-corrected chi connectivity index (χ1v) is 12.9. The first kappa shape index (κ1) is 22.7. The van der Waals surface area contributed by atoms with Crippen LogP contribution in [0.4, 0.5) is 4.79 Å². The molecule has 0 amide bonds. The molecule has 0 saturated heterocycles. The second-order valence-electron chi connectivity index (χ2n) is 9.84. The Labute approximate surface area is 170 Å². The Morgan fingerprint density at radius 2 is 1.79 bits per heavy atom. The monoisotopic (exact) mass is 404 g/mol. The maximum atomic E-state index is 12.3. The summed E-state index contributed by atoms with van der Waals surface area (Å²) in [6.07, 6.45) is 1.42. The standard InChI is InChI=1S/C22H36N2O3Si/c1-21(2,3)27-20(25)24-13-11-18-15-17(9-10-19(18)24)16-23-12-14-26-28(7,8)22(4,5)6/h9-11,13,15,23H,12,14,16H2,1-8H3. The van der Waals surface area contributed by atoms with Crippen molar-refractivity contribution in [2.75, 3.05) is 13.2 Å². The van der Waals surface area contributed by atoms with E-state index in [0.29, 0.717) is 0 Å². The molecule has 0 fully saturated rings. The van der Waals surface area contributed by atoms with E-state index in [1.807, 2.05) is 39.0 Å². The second kappa shape index (κ2) is 8.39. The van der Waals surface area contributed by atoms with E-state index in [4.69, 9.17) is 9.16 Å². The fourth-order valence-corrected chi connectivity index (χ4v) is 3.65. The SMILES string of the molecule is CC(C)(C)OC(=O)n1ccc2cc(CNCCO[Si](C)(C)C(C)(C)C)ccc21. The van der Waals surface area contributed by atoms with Gasteiger partial charge in [-0.05, 0) is 62.7 Å². The molecule has 1 N–H and O–H groups in total. The zero-order valence-corrected chi connectivity index (χ0v) is 19.7.